The average Bonchev–Trinajstić information content (AvgIpc) is 2.52. The van der Waals surface area contributed by atoms with E-state index >= 15 is 0 Å². The quantitative estimate of drug-likeness (QED) is 0.758. The van der Waals surface area contributed by atoms with E-state index in [1.54, 1.807) is 7.11 Å². The van der Waals surface area contributed by atoms with Crippen molar-refractivity contribution in [2.75, 3.05) is 20.8 Å². The van der Waals surface area contributed by atoms with Crippen molar-refractivity contribution < 1.29 is 29.2 Å². The molecule has 1 heterocycles. The second-order valence-corrected chi connectivity index (χ2v) is 4.97. The summed E-state index contributed by atoms with van der Waals surface area (Å²) in [5.74, 6) is 0. The third-order valence-corrected chi connectivity index (χ3v) is 3.46. The molecule has 21 heavy (non-hydrogen) atoms. The van der Waals surface area contributed by atoms with Gasteiger partial charge in [0.05, 0.1) is 18.8 Å². The van der Waals surface area contributed by atoms with Crippen LogP contribution in [-0.2, 0) is 18.9 Å². The van der Waals surface area contributed by atoms with Crippen LogP contribution in [0.3, 0.4) is 0 Å². The minimum atomic E-state index is -1.04. The molecule has 0 aromatic heterocycles. The summed E-state index contributed by atoms with van der Waals surface area (Å²) in [7, 11) is 2.99. The van der Waals surface area contributed by atoms with Crippen LogP contribution in [0.2, 0.25) is 0 Å². The van der Waals surface area contributed by atoms with Gasteiger partial charge < -0.3 is 29.2 Å². The number of hydrogen-bond donors (Lipinski definition) is 2. The lowest BCUT2D eigenvalue weighted by molar-refractivity contribution is -0.272. The molecule has 1 aliphatic heterocycles. The zero-order valence-electron chi connectivity index (χ0n) is 12.2. The summed E-state index contributed by atoms with van der Waals surface area (Å²) < 4.78 is 21.5. The van der Waals surface area contributed by atoms with Crippen LogP contribution >= 0.6 is 0 Å². The third kappa shape index (κ3) is 4.23. The molecular formula is C15H22O6. The van der Waals surface area contributed by atoms with Gasteiger partial charge >= 0.3 is 0 Å². The van der Waals surface area contributed by atoms with E-state index in [-0.39, 0.29) is 19.1 Å². The number of rotatable bonds is 6. The molecule has 5 unspecified atom stereocenters. The van der Waals surface area contributed by atoms with Gasteiger partial charge in [0.1, 0.15) is 6.10 Å². The molecule has 1 fully saturated rings. The summed E-state index contributed by atoms with van der Waals surface area (Å²) in [6.45, 7) is 0.233. The first-order chi connectivity index (χ1) is 10.2. The second-order valence-electron chi connectivity index (χ2n) is 4.97. The van der Waals surface area contributed by atoms with E-state index in [9.17, 15) is 10.2 Å². The van der Waals surface area contributed by atoms with Crippen LogP contribution in [0.4, 0.5) is 0 Å². The summed E-state index contributed by atoms with van der Waals surface area (Å²) >= 11 is 0. The largest absolute Gasteiger partial charge is 0.390 e. The van der Waals surface area contributed by atoms with Crippen molar-refractivity contribution in [1.29, 1.82) is 0 Å². The molecule has 118 valence electrons. The lowest BCUT2D eigenvalue weighted by atomic mass is 10.0. The molecule has 0 saturated carbocycles. The molecule has 0 spiro atoms. The van der Waals surface area contributed by atoms with Gasteiger partial charge in [-0.05, 0) is 0 Å². The Morgan fingerprint density at radius 1 is 1.24 bits per heavy atom. The van der Waals surface area contributed by atoms with Crippen LogP contribution < -0.4 is 0 Å². The fourth-order valence-electron chi connectivity index (χ4n) is 2.32. The van der Waals surface area contributed by atoms with E-state index < -0.39 is 24.8 Å². The van der Waals surface area contributed by atoms with E-state index in [0.717, 1.165) is 5.56 Å². The highest BCUT2D eigenvalue weighted by molar-refractivity contribution is 5.15. The molecule has 6 heteroatoms. The molecule has 1 aromatic carbocycles. The van der Waals surface area contributed by atoms with Crippen molar-refractivity contribution >= 4 is 0 Å². The van der Waals surface area contributed by atoms with Gasteiger partial charge in [-0.2, -0.15) is 0 Å². The van der Waals surface area contributed by atoms with Crippen molar-refractivity contribution in [2.24, 2.45) is 0 Å². The number of hydrogen-bond acceptors (Lipinski definition) is 6. The molecule has 1 aliphatic rings. The zero-order valence-corrected chi connectivity index (χ0v) is 12.2. The van der Waals surface area contributed by atoms with Crippen LogP contribution in [0.25, 0.3) is 0 Å². The third-order valence-electron chi connectivity index (χ3n) is 3.46. The first kappa shape index (κ1) is 16.4. The average molecular weight is 298 g/mol. The number of benzene rings is 1. The molecule has 5 atom stereocenters. The van der Waals surface area contributed by atoms with Gasteiger partial charge in [-0.15, -0.1) is 0 Å². The Kier molecular flexibility index (Phi) is 6.10. The Balaban J connectivity index is 1.89. The molecule has 0 aliphatic carbocycles. The van der Waals surface area contributed by atoms with Gasteiger partial charge in [0.25, 0.3) is 0 Å². The molecule has 0 radical (unpaired) electrons. The summed E-state index contributed by atoms with van der Waals surface area (Å²) in [5.41, 5.74) is 0.902. The fourth-order valence-corrected chi connectivity index (χ4v) is 2.32. The van der Waals surface area contributed by atoms with Crippen LogP contribution in [0.15, 0.2) is 30.3 Å². The predicted octanol–water partition coefficient (Wildman–Crippen LogP) is 0.831. The normalized spacial score (nSPS) is 31.0. The minimum Gasteiger partial charge on any atom is -0.390 e. The van der Waals surface area contributed by atoms with E-state index in [4.69, 9.17) is 18.9 Å². The van der Waals surface area contributed by atoms with Crippen LogP contribution in [-0.4, -0.2) is 55.6 Å². The van der Waals surface area contributed by atoms with Crippen molar-refractivity contribution in [3.63, 3.8) is 0 Å². The summed E-state index contributed by atoms with van der Waals surface area (Å²) in [6, 6.07) is 9.55. The van der Waals surface area contributed by atoms with Gasteiger partial charge in [0, 0.05) is 26.2 Å². The van der Waals surface area contributed by atoms with E-state index in [0.29, 0.717) is 0 Å². The van der Waals surface area contributed by atoms with Crippen LogP contribution in [0.5, 0.6) is 0 Å². The maximum absolute atomic E-state index is 9.79. The smallest absolute Gasteiger partial charge is 0.186 e. The lowest BCUT2D eigenvalue weighted by Crippen LogP contribution is -2.50. The molecule has 0 amide bonds. The minimum absolute atomic E-state index is 0.233. The molecule has 1 saturated heterocycles. The topological polar surface area (TPSA) is 77.4 Å². The van der Waals surface area contributed by atoms with Crippen LogP contribution in [0.1, 0.15) is 18.3 Å². The van der Waals surface area contributed by atoms with Gasteiger partial charge in [-0.25, -0.2) is 0 Å². The number of ether oxygens (including phenoxy) is 4. The number of aliphatic hydroxyl groups excluding tert-OH is 2. The Morgan fingerprint density at radius 3 is 2.57 bits per heavy atom. The molecule has 6 nitrogen and oxygen atoms in total. The predicted molar refractivity (Wildman–Crippen MR) is 74.4 cm³/mol. The highest BCUT2D eigenvalue weighted by atomic mass is 16.7. The molecule has 0 bridgehead atoms. The highest BCUT2D eigenvalue weighted by Crippen LogP contribution is 2.24. The number of aliphatic hydroxyl groups is 2. The first-order valence-electron chi connectivity index (χ1n) is 6.89. The summed E-state index contributed by atoms with van der Waals surface area (Å²) in [4.78, 5) is 0. The van der Waals surface area contributed by atoms with E-state index in [1.807, 2.05) is 30.3 Å². The van der Waals surface area contributed by atoms with E-state index in [1.165, 1.54) is 7.11 Å². The second kappa shape index (κ2) is 7.84. The van der Waals surface area contributed by atoms with Gasteiger partial charge in [-0.1, -0.05) is 30.3 Å². The fraction of sp³-hybridized carbons (Fsp3) is 0.600. The molecule has 1 aromatic rings. The Morgan fingerprint density at radius 2 is 1.95 bits per heavy atom. The SMILES string of the molecule is COC(OCC1CC(O)C(O)C(OC)O1)c1ccccc1. The maximum Gasteiger partial charge on any atom is 0.186 e. The Hall–Kier alpha value is -1.02. The van der Waals surface area contributed by atoms with Crippen molar-refractivity contribution in [1.82, 2.24) is 0 Å². The molecule has 2 N–H and O–H groups in total. The molecular weight excluding hydrogens is 276 g/mol. The van der Waals surface area contributed by atoms with Gasteiger partial charge in [-0.3, -0.25) is 0 Å². The zero-order chi connectivity index (χ0) is 15.2. The van der Waals surface area contributed by atoms with E-state index in [2.05, 4.69) is 0 Å². The monoisotopic (exact) mass is 298 g/mol. The summed E-state index contributed by atoms with van der Waals surface area (Å²) in [6.07, 6.45) is -3.37. The van der Waals surface area contributed by atoms with Crippen LogP contribution in [0, 0.1) is 0 Å². The Labute approximate surface area is 124 Å². The van der Waals surface area contributed by atoms with Crippen molar-refractivity contribution in [3.8, 4) is 0 Å². The first-order valence-corrected chi connectivity index (χ1v) is 6.89. The number of methoxy groups -OCH3 is 2. The highest BCUT2D eigenvalue weighted by Gasteiger charge is 2.37. The summed E-state index contributed by atoms with van der Waals surface area (Å²) in [5, 5.41) is 19.5. The molecule has 2 rings (SSSR count). The maximum atomic E-state index is 9.79. The van der Waals surface area contributed by atoms with Gasteiger partial charge in [0.2, 0.25) is 0 Å². The lowest BCUT2D eigenvalue weighted by Gasteiger charge is -2.36. The standard InChI is InChI=1S/C15H22O6/c1-18-14(10-6-4-3-5-7-10)20-9-11-8-12(16)13(17)15(19-2)21-11/h3-7,11-17H,8-9H2,1-2H3. The van der Waals surface area contributed by atoms with Crippen molar-refractivity contribution in [2.45, 2.75) is 37.3 Å². The Bertz CT molecular complexity index is 412. The van der Waals surface area contributed by atoms with Gasteiger partial charge in [0.15, 0.2) is 12.6 Å². The van der Waals surface area contributed by atoms with Crippen molar-refractivity contribution in [3.05, 3.63) is 35.9 Å².